The van der Waals surface area contributed by atoms with E-state index in [2.05, 4.69) is 26.2 Å². The predicted octanol–water partition coefficient (Wildman–Crippen LogP) is 6.30. The van der Waals surface area contributed by atoms with Crippen molar-refractivity contribution in [3.05, 3.63) is 115 Å². The first-order valence-electron chi connectivity index (χ1n) is 13.5. The third-order valence-electron chi connectivity index (χ3n) is 7.61. The van der Waals surface area contributed by atoms with Crippen LogP contribution in [0.4, 0.5) is 15.8 Å². The highest BCUT2D eigenvalue weighted by molar-refractivity contribution is 9.10. The Labute approximate surface area is 266 Å². The second-order valence-electron chi connectivity index (χ2n) is 10.3. The molecular formula is C32H21BrFN3O5S2. The van der Waals surface area contributed by atoms with E-state index in [1.807, 2.05) is 42.5 Å². The van der Waals surface area contributed by atoms with Crippen molar-refractivity contribution in [3.63, 3.8) is 0 Å². The van der Waals surface area contributed by atoms with Gasteiger partial charge in [-0.25, -0.2) is 9.29 Å². The number of H-pyrrole nitrogens is 1. The highest BCUT2D eigenvalue weighted by Crippen LogP contribution is 2.54. The Morgan fingerprint density at radius 2 is 1.73 bits per heavy atom. The number of thioether (sulfide) groups is 1. The highest BCUT2D eigenvalue weighted by atomic mass is 79.9. The summed E-state index contributed by atoms with van der Waals surface area (Å²) in [6, 6.07) is 23.8. The summed E-state index contributed by atoms with van der Waals surface area (Å²) in [6.07, 6.45) is 0. The molecule has 3 amide bonds. The number of nitrogens with one attached hydrogen (secondary N) is 2. The lowest BCUT2D eigenvalue weighted by molar-refractivity contribution is -0.122. The quantitative estimate of drug-likeness (QED) is 0.203. The normalized spacial score (nSPS) is 19.1. The fourth-order valence-electron chi connectivity index (χ4n) is 5.70. The summed E-state index contributed by atoms with van der Waals surface area (Å²) < 4.78 is 20.4. The molecule has 44 heavy (non-hydrogen) atoms. The number of fused-ring (bicyclic) bond motifs is 3. The topological polar surface area (TPSA) is 109 Å². The fraction of sp³-hybridized carbons (Fsp3) is 0.125. The number of hydrogen-bond donors (Lipinski definition) is 2. The van der Waals surface area contributed by atoms with Crippen LogP contribution in [0.1, 0.15) is 16.4 Å². The van der Waals surface area contributed by atoms with Crippen molar-refractivity contribution in [2.75, 3.05) is 16.8 Å². The zero-order chi connectivity index (χ0) is 30.5. The van der Waals surface area contributed by atoms with E-state index in [1.165, 1.54) is 24.3 Å². The molecule has 220 valence electrons. The van der Waals surface area contributed by atoms with Gasteiger partial charge in [0.1, 0.15) is 16.8 Å². The number of imide groups is 1. The Hall–Kier alpha value is -4.26. The monoisotopic (exact) mass is 689 g/mol. The molecule has 2 aliphatic heterocycles. The zero-order valence-electron chi connectivity index (χ0n) is 22.6. The summed E-state index contributed by atoms with van der Waals surface area (Å²) in [7, 11) is 0. The van der Waals surface area contributed by atoms with Crippen LogP contribution in [0.25, 0.3) is 10.8 Å². The van der Waals surface area contributed by atoms with Crippen LogP contribution < -0.4 is 19.8 Å². The minimum atomic E-state index is -0.875. The van der Waals surface area contributed by atoms with Gasteiger partial charge in [-0.2, -0.15) is 0 Å². The molecule has 2 N–H and O–H groups in total. The van der Waals surface area contributed by atoms with E-state index in [1.54, 1.807) is 18.2 Å². The van der Waals surface area contributed by atoms with E-state index in [0.29, 0.717) is 31.4 Å². The number of ether oxygens (including phenoxy) is 1. The maximum atomic E-state index is 14.0. The number of amides is 3. The first kappa shape index (κ1) is 28.5. The molecule has 0 saturated carbocycles. The van der Waals surface area contributed by atoms with Crippen molar-refractivity contribution in [2.45, 2.75) is 16.2 Å². The van der Waals surface area contributed by atoms with Gasteiger partial charge in [0.05, 0.1) is 16.6 Å². The van der Waals surface area contributed by atoms with Gasteiger partial charge in [0.2, 0.25) is 11.8 Å². The van der Waals surface area contributed by atoms with E-state index in [4.69, 9.17) is 4.74 Å². The van der Waals surface area contributed by atoms with Gasteiger partial charge in [-0.05, 0) is 65.4 Å². The molecule has 5 aromatic rings. The second-order valence-corrected chi connectivity index (χ2v) is 13.4. The lowest BCUT2D eigenvalue weighted by Crippen LogP contribution is -2.32. The first-order valence-corrected chi connectivity index (χ1v) is 16.0. The molecule has 8 nitrogen and oxygen atoms in total. The minimum Gasteiger partial charge on any atom is -0.483 e. The minimum absolute atomic E-state index is 0.267. The molecule has 1 fully saturated rings. The number of thiazole rings is 1. The predicted molar refractivity (Wildman–Crippen MR) is 171 cm³/mol. The molecule has 0 bridgehead atoms. The van der Waals surface area contributed by atoms with Gasteiger partial charge in [0, 0.05) is 26.5 Å². The molecular weight excluding hydrogens is 669 g/mol. The van der Waals surface area contributed by atoms with E-state index < -0.39 is 34.7 Å². The fourth-order valence-corrected chi connectivity index (χ4v) is 8.58. The Kier molecular flexibility index (Phi) is 7.35. The van der Waals surface area contributed by atoms with Gasteiger partial charge in [0.15, 0.2) is 6.61 Å². The van der Waals surface area contributed by atoms with Crippen LogP contribution in [0.3, 0.4) is 0 Å². The van der Waals surface area contributed by atoms with Gasteiger partial charge < -0.3 is 15.0 Å². The van der Waals surface area contributed by atoms with E-state index in [0.717, 1.165) is 38.8 Å². The summed E-state index contributed by atoms with van der Waals surface area (Å²) in [5.74, 6) is -3.05. The van der Waals surface area contributed by atoms with E-state index in [-0.39, 0.29) is 23.1 Å². The number of halogens is 2. The number of carbonyl (C=O) groups excluding carboxylic acids is 3. The number of aromatic amines is 1. The summed E-state index contributed by atoms with van der Waals surface area (Å²) >= 11 is 5.62. The number of aromatic nitrogens is 1. The highest BCUT2D eigenvalue weighted by Gasteiger charge is 2.56. The van der Waals surface area contributed by atoms with Crippen LogP contribution in [0, 0.1) is 11.7 Å². The number of benzene rings is 4. The van der Waals surface area contributed by atoms with Crippen molar-refractivity contribution in [2.24, 2.45) is 5.92 Å². The van der Waals surface area contributed by atoms with Crippen LogP contribution in [-0.4, -0.2) is 34.6 Å². The number of carbonyl (C=O) groups is 3. The number of nitrogens with zero attached hydrogens (tertiary/aromatic N) is 1. The van der Waals surface area contributed by atoms with Gasteiger partial charge in [0.25, 0.3) is 5.91 Å². The lowest BCUT2D eigenvalue weighted by Gasteiger charge is -2.31. The van der Waals surface area contributed by atoms with E-state index >= 15 is 0 Å². The van der Waals surface area contributed by atoms with Crippen molar-refractivity contribution in [1.29, 1.82) is 0 Å². The Balaban J connectivity index is 1.21. The van der Waals surface area contributed by atoms with Gasteiger partial charge in [-0.1, -0.05) is 69.4 Å². The molecule has 4 aromatic carbocycles. The third-order valence-corrected chi connectivity index (χ3v) is 10.5. The van der Waals surface area contributed by atoms with Crippen molar-refractivity contribution >= 4 is 78.9 Å². The average Bonchev–Trinajstić information content (AvgIpc) is 3.51. The molecule has 2 aliphatic rings. The lowest BCUT2D eigenvalue weighted by atomic mass is 9.82. The molecule has 0 aliphatic carbocycles. The molecule has 0 radical (unpaired) electrons. The van der Waals surface area contributed by atoms with Crippen LogP contribution in [0.15, 0.2) is 99.2 Å². The van der Waals surface area contributed by atoms with Gasteiger partial charge >= 0.3 is 4.87 Å². The van der Waals surface area contributed by atoms with Crippen molar-refractivity contribution in [1.82, 2.24) is 4.98 Å². The first-order chi connectivity index (χ1) is 21.3. The summed E-state index contributed by atoms with van der Waals surface area (Å²) in [4.78, 5) is 57.3. The Morgan fingerprint density at radius 1 is 0.955 bits per heavy atom. The molecule has 2 unspecified atom stereocenters. The largest absolute Gasteiger partial charge is 0.483 e. The Morgan fingerprint density at radius 3 is 2.52 bits per heavy atom. The van der Waals surface area contributed by atoms with Crippen LogP contribution in [0.5, 0.6) is 5.75 Å². The summed E-state index contributed by atoms with van der Waals surface area (Å²) in [5, 5.41) is 4.57. The van der Waals surface area contributed by atoms with Crippen LogP contribution >= 0.6 is 39.0 Å². The SMILES string of the molecule is O=C(COc1ccc(Br)cc1[C@H]1c2sc(=O)[nH]c2SC2C(=O)N(c3ccc(F)cc3)C(=O)C21)Nc1ccc2ccccc2c1. The molecule has 1 saturated heterocycles. The molecule has 0 spiro atoms. The van der Waals surface area contributed by atoms with Crippen LogP contribution in [-0.2, 0) is 14.4 Å². The van der Waals surface area contributed by atoms with Crippen LogP contribution in [0.2, 0.25) is 0 Å². The molecule has 7 rings (SSSR count). The molecule has 1 aromatic heterocycles. The maximum Gasteiger partial charge on any atom is 0.305 e. The number of rotatable bonds is 6. The smallest absolute Gasteiger partial charge is 0.305 e. The van der Waals surface area contributed by atoms with Crippen molar-refractivity contribution in [3.8, 4) is 5.75 Å². The van der Waals surface area contributed by atoms with Gasteiger partial charge in [-0.15, -0.1) is 0 Å². The molecule has 12 heteroatoms. The summed E-state index contributed by atoms with van der Waals surface area (Å²) in [5.41, 5.74) is 1.44. The molecule has 3 heterocycles. The van der Waals surface area contributed by atoms with Crippen molar-refractivity contribution < 1.29 is 23.5 Å². The average molecular weight is 691 g/mol. The Bertz CT molecular complexity index is 2030. The number of anilines is 2. The maximum absolute atomic E-state index is 14.0. The van der Waals surface area contributed by atoms with Gasteiger partial charge in [-0.3, -0.25) is 19.2 Å². The third kappa shape index (κ3) is 5.12. The summed E-state index contributed by atoms with van der Waals surface area (Å²) in [6.45, 7) is -0.318. The zero-order valence-corrected chi connectivity index (χ0v) is 25.8. The van der Waals surface area contributed by atoms with E-state index in [9.17, 15) is 23.6 Å². The standard InChI is InChI=1S/C32H21BrFN3O5S2/c33-18-6-12-23(42-15-24(38)35-20-9-5-16-3-1-2-4-17(16)13-20)22(14-18)25-26-28(43-29-27(25)44-32(41)36-29)31(40)37(30(26)39)21-10-7-19(34)8-11-21/h1-14,25-26,28H,15H2,(H,35,38)(H,36,41)/t25-,26?,28?/m1/s1. The second kappa shape index (κ2) is 11.3. The number of hydrogen-bond acceptors (Lipinski definition) is 7. The molecule has 3 atom stereocenters.